The molecule has 2 aromatic rings. The molecule has 1 aromatic carbocycles. The first-order chi connectivity index (χ1) is 10.7. The monoisotopic (exact) mass is 298 g/mol. The number of hydrogen-bond acceptors (Lipinski definition) is 3. The van der Waals surface area contributed by atoms with Gasteiger partial charge in [0.05, 0.1) is 12.9 Å². The number of hydrogen-bond donors (Lipinski definition) is 1. The van der Waals surface area contributed by atoms with Gasteiger partial charge in [-0.05, 0) is 18.4 Å². The van der Waals surface area contributed by atoms with Gasteiger partial charge >= 0.3 is 0 Å². The third-order valence-electron chi connectivity index (χ3n) is 4.00. The maximum absolute atomic E-state index is 11.2. The molecule has 5 heteroatoms. The van der Waals surface area contributed by atoms with E-state index in [-0.39, 0.29) is 11.9 Å². The van der Waals surface area contributed by atoms with Crippen LogP contribution in [0.3, 0.4) is 0 Å². The normalized spacial score (nSPS) is 19.0. The Bertz CT molecular complexity index is 623. The van der Waals surface area contributed by atoms with Crippen LogP contribution in [0, 0.1) is 0 Å². The third kappa shape index (κ3) is 3.74. The van der Waals surface area contributed by atoms with Crippen LogP contribution in [-0.2, 0) is 11.5 Å². The quantitative estimate of drug-likeness (QED) is 0.940. The van der Waals surface area contributed by atoms with Crippen molar-refractivity contribution in [2.24, 2.45) is 0 Å². The highest BCUT2D eigenvalue weighted by molar-refractivity contribution is 5.73. The maximum atomic E-state index is 11.2. The first-order valence-electron chi connectivity index (χ1n) is 7.78. The van der Waals surface area contributed by atoms with Gasteiger partial charge in [0.2, 0.25) is 5.91 Å². The van der Waals surface area contributed by atoms with Gasteiger partial charge in [0, 0.05) is 37.8 Å². The molecule has 0 saturated carbocycles. The van der Waals surface area contributed by atoms with Crippen molar-refractivity contribution in [1.29, 1.82) is 0 Å². The first-order valence-corrected chi connectivity index (χ1v) is 7.78. The molecule has 116 valence electrons. The second-order valence-electron chi connectivity index (χ2n) is 5.89. The van der Waals surface area contributed by atoms with Gasteiger partial charge in [0.15, 0.2) is 0 Å². The molecule has 22 heavy (non-hydrogen) atoms. The number of carbonyl (C=O) groups excluding carboxylic acids is 1. The smallest absolute Gasteiger partial charge is 0.217 e. The Morgan fingerprint density at radius 3 is 2.91 bits per heavy atom. The van der Waals surface area contributed by atoms with Crippen molar-refractivity contribution in [3.05, 3.63) is 42.7 Å². The van der Waals surface area contributed by atoms with E-state index in [1.807, 2.05) is 29.1 Å². The van der Waals surface area contributed by atoms with Crippen molar-refractivity contribution in [3.63, 3.8) is 0 Å². The molecule has 1 saturated heterocycles. The molecule has 0 bridgehead atoms. The fourth-order valence-electron chi connectivity index (χ4n) is 3.01. The summed E-state index contributed by atoms with van der Waals surface area (Å²) >= 11 is 0. The Morgan fingerprint density at radius 2 is 2.14 bits per heavy atom. The van der Waals surface area contributed by atoms with E-state index in [9.17, 15) is 4.79 Å². The molecule has 1 aliphatic rings. The SMILES string of the molecule is CC(=O)NC1CCCN(Cn2cc(-c3ccccc3)cn2)C1. The molecule has 2 heterocycles. The Labute approximate surface area is 130 Å². The first kappa shape index (κ1) is 14.8. The average Bonchev–Trinajstić information content (AvgIpc) is 2.96. The van der Waals surface area contributed by atoms with Crippen molar-refractivity contribution in [1.82, 2.24) is 20.0 Å². The molecule has 0 spiro atoms. The highest BCUT2D eigenvalue weighted by Crippen LogP contribution is 2.18. The van der Waals surface area contributed by atoms with Gasteiger partial charge in [-0.2, -0.15) is 5.10 Å². The van der Waals surface area contributed by atoms with E-state index < -0.39 is 0 Å². The average molecular weight is 298 g/mol. The Morgan fingerprint density at radius 1 is 1.32 bits per heavy atom. The molecule has 1 unspecified atom stereocenters. The molecular weight excluding hydrogens is 276 g/mol. The number of piperidine rings is 1. The van der Waals surface area contributed by atoms with Crippen LogP contribution in [0.5, 0.6) is 0 Å². The Hall–Kier alpha value is -2.14. The minimum Gasteiger partial charge on any atom is -0.352 e. The summed E-state index contributed by atoms with van der Waals surface area (Å²) in [6.07, 6.45) is 6.16. The van der Waals surface area contributed by atoms with Crippen LogP contribution in [-0.4, -0.2) is 39.7 Å². The minimum absolute atomic E-state index is 0.0531. The highest BCUT2D eigenvalue weighted by atomic mass is 16.1. The van der Waals surface area contributed by atoms with E-state index in [1.54, 1.807) is 6.92 Å². The lowest BCUT2D eigenvalue weighted by Gasteiger charge is -2.32. The number of carbonyl (C=O) groups is 1. The van der Waals surface area contributed by atoms with Gasteiger partial charge in [-0.15, -0.1) is 0 Å². The molecule has 0 aliphatic carbocycles. The van der Waals surface area contributed by atoms with E-state index in [0.29, 0.717) is 0 Å². The Balaban J connectivity index is 1.61. The van der Waals surface area contributed by atoms with Crippen molar-refractivity contribution in [2.75, 3.05) is 13.1 Å². The number of amides is 1. The predicted molar refractivity (Wildman–Crippen MR) is 86.1 cm³/mol. The summed E-state index contributed by atoms with van der Waals surface area (Å²) in [5.41, 5.74) is 2.32. The topological polar surface area (TPSA) is 50.2 Å². The zero-order chi connectivity index (χ0) is 15.4. The number of nitrogens with one attached hydrogen (secondary N) is 1. The summed E-state index contributed by atoms with van der Waals surface area (Å²) in [5, 5.41) is 7.48. The van der Waals surface area contributed by atoms with E-state index in [2.05, 4.69) is 33.6 Å². The molecule has 1 atom stereocenters. The number of aromatic nitrogens is 2. The molecule has 1 N–H and O–H groups in total. The summed E-state index contributed by atoms with van der Waals surface area (Å²) in [6.45, 7) is 4.29. The molecule has 1 aromatic heterocycles. The lowest BCUT2D eigenvalue weighted by atomic mass is 10.1. The van der Waals surface area contributed by atoms with Gasteiger partial charge in [-0.1, -0.05) is 30.3 Å². The van der Waals surface area contributed by atoms with Crippen molar-refractivity contribution >= 4 is 5.91 Å². The predicted octanol–water partition coefficient (Wildman–Crippen LogP) is 2.11. The van der Waals surface area contributed by atoms with Gasteiger partial charge in [0.25, 0.3) is 0 Å². The lowest BCUT2D eigenvalue weighted by Crippen LogP contribution is -2.47. The molecule has 1 fully saturated rings. The van der Waals surface area contributed by atoms with Crippen LogP contribution >= 0.6 is 0 Å². The van der Waals surface area contributed by atoms with Crippen molar-refractivity contribution in [2.45, 2.75) is 32.5 Å². The van der Waals surface area contributed by atoms with E-state index >= 15 is 0 Å². The molecule has 1 aliphatic heterocycles. The van der Waals surface area contributed by atoms with E-state index in [0.717, 1.165) is 38.2 Å². The summed E-state index contributed by atoms with van der Waals surface area (Å²) in [7, 11) is 0. The summed E-state index contributed by atoms with van der Waals surface area (Å²) < 4.78 is 1.97. The summed E-state index contributed by atoms with van der Waals surface area (Å²) in [5.74, 6) is 0.0531. The molecule has 0 radical (unpaired) electrons. The van der Waals surface area contributed by atoms with E-state index in [4.69, 9.17) is 0 Å². The third-order valence-corrected chi connectivity index (χ3v) is 4.00. The molecule has 3 rings (SSSR count). The van der Waals surface area contributed by atoms with Crippen LogP contribution in [0.15, 0.2) is 42.7 Å². The van der Waals surface area contributed by atoms with Crippen LogP contribution in [0.4, 0.5) is 0 Å². The van der Waals surface area contributed by atoms with Crippen LogP contribution in [0.25, 0.3) is 11.1 Å². The van der Waals surface area contributed by atoms with Crippen LogP contribution < -0.4 is 5.32 Å². The summed E-state index contributed by atoms with van der Waals surface area (Å²) in [4.78, 5) is 13.5. The fourth-order valence-corrected chi connectivity index (χ4v) is 3.01. The summed E-state index contributed by atoms with van der Waals surface area (Å²) in [6, 6.07) is 10.5. The number of nitrogens with zero attached hydrogens (tertiary/aromatic N) is 3. The maximum Gasteiger partial charge on any atom is 0.217 e. The van der Waals surface area contributed by atoms with Gasteiger partial charge in [-0.3, -0.25) is 14.4 Å². The minimum atomic E-state index is 0.0531. The van der Waals surface area contributed by atoms with Gasteiger partial charge in [0.1, 0.15) is 0 Å². The number of likely N-dealkylation sites (tertiary alicyclic amines) is 1. The fraction of sp³-hybridized carbons (Fsp3) is 0.412. The van der Waals surface area contributed by atoms with Gasteiger partial charge < -0.3 is 5.32 Å². The molecular formula is C17H22N4O. The second kappa shape index (κ2) is 6.75. The van der Waals surface area contributed by atoms with Crippen LogP contribution in [0.1, 0.15) is 19.8 Å². The van der Waals surface area contributed by atoms with Crippen molar-refractivity contribution < 1.29 is 4.79 Å². The zero-order valence-electron chi connectivity index (χ0n) is 12.9. The Kier molecular flexibility index (Phi) is 4.53. The largest absolute Gasteiger partial charge is 0.352 e. The van der Waals surface area contributed by atoms with Crippen LogP contribution in [0.2, 0.25) is 0 Å². The standard InChI is InChI=1S/C17H22N4O/c1-14(22)19-17-8-5-9-20(12-17)13-21-11-16(10-18-21)15-6-3-2-4-7-15/h2-4,6-7,10-11,17H,5,8-9,12-13H2,1H3,(H,19,22). The number of rotatable bonds is 4. The zero-order valence-corrected chi connectivity index (χ0v) is 12.9. The number of benzene rings is 1. The molecule has 5 nitrogen and oxygen atoms in total. The molecule has 1 amide bonds. The van der Waals surface area contributed by atoms with E-state index in [1.165, 1.54) is 5.56 Å². The lowest BCUT2D eigenvalue weighted by molar-refractivity contribution is -0.120. The highest BCUT2D eigenvalue weighted by Gasteiger charge is 2.20. The van der Waals surface area contributed by atoms with Crippen molar-refractivity contribution in [3.8, 4) is 11.1 Å². The van der Waals surface area contributed by atoms with Gasteiger partial charge in [-0.25, -0.2) is 0 Å². The second-order valence-corrected chi connectivity index (χ2v) is 5.89.